The summed E-state index contributed by atoms with van der Waals surface area (Å²) in [5, 5.41) is 14.3. The van der Waals surface area contributed by atoms with E-state index in [2.05, 4.69) is 44.0 Å². The highest BCUT2D eigenvalue weighted by Gasteiger charge is 2.25. The molecule has 2 aromatic carbocycles. The number of fused-ring (bicyclic) bond motifs is 2. The van der Waals surface area contributed by atoms with Gasteiger partial charge >= 0.3 is 0 Å². The third kappa shape index (κ3) is 6.28. The molecule has 0 atom stereocenters. The summed E-state index contributed by atoms with van der Waals surface area (Å²) in [6, 6.07) is 10.1. The van der Waals surface area contributed by atoms with Crippen molar-refractivity contribution in [2.75, 3.05) is 32.5 Å². The molecule has 3 aromatic heterocycles. The summed E-state index contributed by atoms with van der Waals surface area (Å²) in [5.41, 5.74) is 6.58. The van der Waals surface area contributed by atoms with Crippen LogP contribution in [0, 0.1) is 17.6 Å². The lowest BCUT2D eigenvalue weighted by Crippen LogP contribution is -2.20. The first-order chi connectivity index (χ1) is 21.7. The van der Waals surface area contributed by atoms with E-state index in [1.807, 2.05) is 44.1 Å². The molecule has 0 bridgehead atoms. The van der Waals surface area contributed by atoms with Crippen LogP contribution in [0.1, 0.15) is 25.3 Å². The van der Waals surface area contributed by atoms with E-state index >= 15 is 4.39 Å². The quantitative estimate of drug-likeness (QED) is 0.111. The Balaban J connectivity index is 1.37. The fourth-order valence-corrected chi connectivity index (χ4v) is 5.33. The average Bonchev–Trinajstić information content (AvgIpc) is 3.64. The molecule has 6 rings (SSSR count). The Hall–Kier alpha value is -5.09. The number of hydrogen-bond acceptors (Lipinski definition) is 6. The van der Waals surface area contributed by atoms with Crippen LogP contribution in [-0.4, -0.2) is 57.2 Å². The summed E-state index contributed by atoms with van der Waals surface area (Å²) in [7, 11) is 3.96. The molecule has 0 saturated heterocycles. The topological polar surface area (TPSA) is 97.6 Å². The Morgan fingerprint density at radius 1 is 1.11 bits per heavy atom. The molecule has 4 N–H and O–H groups in total. The normalized spacial score (nSPS) is 14.0. The van der Waals surface area contributed by atoms with Gasteiger partial charge in [0.25, 0.3) is 0 Å². The lowest BCUT2D eigenvalue weighted by Gasteiger charge is -2.12. The predicted molar refractivity (Wildman–Crippen MR) is 178 cm³/mol. The number of nitrogens with one attached hydrogen (secondary N) is 4. The highest BCUT2D eigenvalue weighted by molar-refractivity contribution is 5.98. The van der Waals surface area contributed by atoms with Crippen molar-refractivity contribution in [3.63, 3.8) is 0 Å². The van der Waals surface area contributed by atoms with Gasteiger partial charge in [-0.1, -0.05) is 19.2 Å². The molecule has 0 unspecified atom stereocenters. The molecule has 45 heavy (non-hydrogen) atoms. The molecule has 1 aliphatic carbocycles. The minimum Gasteiger partial charge on any atom is -0.384 e. The van der Waals surface area contributed by atoms with Crippen molar-refractivity contribution in [1.82, 2.24) is 35.4 Å². The van der Waals surface area contributed by atoms with Crippen molar-refractivity contribution in [3.05, 3.63) is 103 Å². The minimum absolute atomic E-state index is 0.308. The first-order valence-electron chi connectivity index (χ1n) is 14.9. The highest BCUT2D eigenvalue weighted by Crippen LogP contribution is 2.36. The number of likely N-dealkylation sites (N-methyl/N-ethyl adjacent to an activating group) is 1. The number of pyridine rings is 1. The molecule has 8 nitrogen and oxygen atoms in total. The maximum Gasteiger partial charge on any atom is 0.159 e. The Morgan fingerprint density at radius 3 is 2.67 bits per heavy atom. The van der Waals surface area contributed by atoms with Gasteiger partial charge in [0, 0.05) is 47.5 Å². The lowest BCUT2D eigenvalue weighted by atomic mass is 10.0. The van der Waals surface area contributed by atoms with Gasteiger partial charge in [0.2, 0.25) is 0 Å². The average molecular weight is 607 g/mol. The van der Waals surface area contributed by atoms with Crippen LogP contribution in [0.2, 0.25) is 0 Å². The Bertz CT molecular complexity index is 1980. The summed E-state index contributed by atoms with van der Waals surface area (Å²) in [6.07, 6.45) is 9.32. The van der Waals surface area contributed by atoms with Gasteiger partial charge in [-0.05, 0) is 93.9 Å². The Kier molecular flexibility index (Phi) is 8.32. The monoisotopic (exact) mass is 606 g/mol. The van der Waals surface area contributed by atoms with E-state index in [0.717, 1.165) is 30.8 Å². The number of aromatic nitrogens is 5. The first-order valence-corrected chi connectivity index (χ1v) is 14.9. The van der Waals surface area contributed by atoms with E-state index in [4.69, 9.17) is 4.98 Å². The van der Waals surface area contributed by atoms with Gasteiger partial charge in [-0.25, -0.2) is 13.8 Å². The number of halogens is 2. The number of H-pyrrole nitrogens is 2. The van der Waals surface area contributed by atoms with Crippen molar-refractivity contribution >= 4 is 33.2 Å². The minimum atomic E-state index is -0.428. The van der Waals surface area contributed by atoms with Crippen LogP contribution in [0.3, 0.4) is 0 Å². The zero-order valence-corrected chi connectivity index (χ0v) is 25.6. The van der Waals surface area contributed by atoms with Crippen molar-refractivity contribution < 1.29 is 8.78 Å². The van der Waals surface area contributed by atoms with Crippen LogP contribution in [0.15, 0.2) is 85.4 Å². The SMILES string of the molecule is C=C/C(=C\C(=C/C)c1ccc2[nH]nc(-c3nc4c(-c5cc(F)cc(NCCN(C)C)c5)nccc4[nH]3)c2c1F)NC(=C)C1CC1. The van der Waals surface area contributed by atoms with E-state index < -0.39 is 5.82 Å². The molecule has 0 spiro atoms. The molecule has 230 valence electrons. The third-order valence-corrected chi connectivity index (χ3v) is 7.88. The van der Waals surface area contributed by atoms with Crippen molar-refractivity contribution in [2.45, 2.75) is 19.8 Å². The van der Waals surface area contributed by atoms with Crippen LogP contribution in [0.4, 0.5) is 14.5 Å². The van der Waals surface area contributed by atoms with E-state index in [0.29, 0.717) is 74.0 Å². The van der Waals surface area contributed by atoms with E-state index in [9.17, 15) is 4.39 Å². The summed E-state index contributed by atoms with van der Waals surface area (Å²) in [5.74, 6) is 0.0236. The standard InChI is InChI=1S/C35H36F2N8/c1-6-21(17-25(7-2)40-20(3)22-8-9-22)27-10-11-28-30(31(27)37)34(44-43-28)35-41-29-12-13-39-32(33(29)42-35)23-16-24(36)19-26(18-23)38-14-15-45(4)5/h6-7,10-13,16-19,22,38,40H,2-3,8-9,14-15H2,1,4-5H3,(H,41,42)(H,43,44)/b21-6+,25-17+. The summed E-state index contributed by atoms with van der Waals surface area (Å²) < 4.78 is 31.1. The zero-order valence-electron chi connectivity index (χ0n) is 25.6. The lowest BCUT2D eigenvalue weighted by molar-refractivity contribution is 0.425. The molecule has 5 aromatic rings. The van der Waals surface area contributed by atoms with Crippen LogP contribution in [0.25, 0.3) is 50.3 Å². The summed E-state index contributed by atoms with van der Waals surface area (Å²) >= 11 is 0. The third-order valence-electron chi connectivity index (χ3n) is 7.88. The molecule has 1 fully saturated rings. The van der Waals surface area contributed by atoms with Crippen molar-refractivity contribution in [1.29, 1.82) is 0 Å². The second-order valence-corrected chi connectivity index (χ2v) is 11.5. The molecule has 0 radical (unpaired) electrons. The Morgan fingerprint density at radius 2 is 1.93 bits per heavy atom. The second kappa shape index (κ2) is 12.5. The largest absolute Gasteiger partial charge is 0.384 e. The summed E-state index contributed by atoms with van der Waals surface area (Å²) in [4.78, 5) is 14.7. The summed E-state index contributed by atoms with van der Waals surface area (Å²) in [6.45, 7) is 11.4. The zero-order chi connectivity index (χ0) is 31.7. The number of allylic oxidation sites excluding steroid dienone is 5. The van der Waals surface area contributed by atoms with Crippen molar-refractivity contribution in [2.24, 2.45) is 5.92 Å². The van der Waals surface area contributed by atoms with Crippen LogP contribution >= 0.6 is 0 Å². The van der Waals surface area contributed by atoms with Gasteiger partial charge in [0.15, 0.2) is 5.82 Å². The fraction of sp³-hybridized carbons (Fsp3) is 0.229. The number of aromatic amines is 2. The van der Waals surface area contributed by atoms with Crippen LogP contribution < -0.4 is 10.6 Å². The van der Waals surface area contributed by atoms with Gasteiger partial charge in [-0.2, -0.15) is 5.10 Å². The Labute approximate surface area is 260 Å². The van der Waals surface area contributed by atoms with Crippen LogP contribution in [-0.2, 0) is 0 Å². The highest BCUT2D eigenvalue weighted by atomic mass is 19.1. The number of nitrogens with zero attached hydrogens (tertiary/aromatic N) is 4. The number of hydrogen-bond donors (Lipinski definition) is 4. The molecular formula is C35H36F2N8. The van der Waals surface area contributed by atoms with Gasteiger partial charge < -0.3 is 20.5 Å². The van der Waals surface area contributed by atoms with Gasteiger partial charge in [-0.15, -0.1) is 0 Å². The fourth-order valence-electron chi connectivity index (χ4n) is 5.33. The molecule has 0 amide bonds. The molecule has 3 heterocycles. The number of benzene rings is 2. The van der Waals surface area contributed by atoms with E-state index in [1.54, 1.807) is 30.5 Å². The second-order valence-electron chi connectivity index (χ2n) is 11.5. The molecule has 1 saturated carbocycles. The molecule has 10 heteroatoms. The molecule has 0 aliphatic heterocycles. The van der Waals surface area contributed by atoms with Gasteiger partial charge in [0.1, 0.15) is 22.8 Å². The van der Waals surface area contributed by atoms with Crippen LogP contribution in [0.5, 0.6) is 0 Å². The number of rotatable bonds is 12. The predicted octanol–water partition coefficient (Wildman–Crippen LogP) is 7.41. The van der Waals surface area contributed by atoms with Gasteiger partial charge in [0.05, 0.1) is 22.1 Å². The van der Waals surface area contributed by atoms with Gasteiger partial charge in [-0.3, -0.25) is 10.1 Å². The number of anilines is 1. The maximum absolute atomic E-state index is 16.4. The van der Waals surface area contributed by atoms with Crippen molar-refractivity contribution in [3.8, 4) is 22.8 Å². The maximum atomic E-state index is 16.4. The molecular weight excluding hydrogens is 570 g/mol. The molecule has 1 aliphatic rings. The first kappa shape index (κ1) is 30.0. The van der Waals surface area contributed by atoms with E-state index in [1.165, 1.54) is 12.1 Å². The smallest absolute Gasteiger partial charge is 0.159 e. The van der Waals surface area contributed by atoms with E-state index in [-0.39, 0.29) is 5.82 Å². The number of imidazole rings is 1.